The number of para-hydroxylation sites is 2. The fraction of sp³-hybridized carbons (Fsp3) is 0.438. The maximum atomic E-state index is 12.4. The zero-order valence-electron chi connectivity index (χ0n) is 13.4. The van der Waals surface area contributed by atoms with Gasteiger partial charge >= 0.3 is 12.1 Å². The zero-order chi connectivity index (χ0) is 17.1. The minimum Gasteiger partial charge on any atom is -0.492 e. The summed E-state index contributed by atoms with van der Waals surface area (Å²) in [5.74, 6) is 0.247. The van der Waals surface area contributed by atoms with Gasteiger partial charge in [0.1, 0.15) is 5.75 Å². The topological polar surface area (TPSA) is 88.2 Å². The molecule has 8 nitrogen and oxygen atoms in total. The summed E-state index contributed by atoms with van der Waals surface area (Å²) in [6, 6.07) is 6.56. The molecule has 128 valence electrons. The van der Waals surface area contributed by atoms with Crippen LogP contribution in [0.25, 0.3) is 0 Å². The third-order valence-electron chi connectivity index (χ3n) is 4.03. The van der Waals surface area contributed by atoms with E-state index in [-0.39, 0.29) is 24.6 Å². The molecule has 0 bridgehead atoms. The highest BCUT2D eigenvalue weighted by Gasteiger charge is 2.41. The number of hydrogen-bond donors (Lipinski definition) is 1. The number of imide groups is 1. The monoisotopic (exact) mass is 333 g/mol. The number of carbonyl (C=O) groups excluding carboxylic acids is 3. The van der Waals surface area contributed by atoms with Crippen LogP contribution in [0.5, 0.6) is 5.75 Å². The van der Waals surface area contributed by atoms with E-state index in [0.29, 0.717) is 37.6 Å². The van der Waals surface area contributed by atoms with Crippen LogP contribution in [-0.2, 0) is 9.53 Å². The van der Waals surface area contributed by atoms with Crippen molar-refractivity contribution in [2.75, 3.05) is 31.6 Å². The number of rotatable bonds is 4. The van der Waals surface area contributed by atoms with Crippen LogP contribution < -0.4 is 10.1 Å². The van der Waals surface area contributed by atoms with E-state index in [1.165, 1.54) is 0 Å². The lowest BCUT2D eigenvalue weighted by atomic mass is 10.2. The number of hydrogen-bond acceptors (Lipinski definition) is 5. The first-order valence-corrected chi connectivity index (χ1v) is 7.86. The highest BCUT2D eigenvalue weighted by Crippen LogP contribution is 2.25. The van der Waals surface area contributed by atoms with E-state index < -0.39 is 6.09 Å². The quantitative estimate of drug-likeness (QED) is 0.905. The molecule has 2 aliphatic rings. The number of carbonyl (C=O) groups is 3. The standard InChI is InChI=1S/C16H19N3O5/c1-2-23-13-6-4-3-5-12(13)17-15(21)18-8-7-11(9-18)19-14(20)10-24-16(19)22/h3-6,11H,2,7-10H2,1H3,(H,17,21). The molecule has 8 heteroatoms. The van der Waals surface area contributed by atoms with E-state index in [1.54, 1.807) is 17.0 Å². The minimum atomic E-state index is -0.631. The molecule has 1 N–H and O–H groups in total. The fourth-order valence-electron chi connectivity index (χ4n) is 2.90. The Morgan fingerprint density at radius 2 is 2.17 bits per heavy atom. The Morgan fingerprint density at radius 3 is 2.88 bits per heavy atom. The molecule has 2 fully saturated rings. The van der Waals surface area contributed by atoms with Crippen molar-refractivity contribution in [1.82, 2.24) is 9.80 Å². The third-order valence-corrected chi connectivity index (χ3v) is 4.03. The average Bonchev–Trinajstić information content (AvgIpc) is 3.16. The Labute approximate surface area is 139 Å². The number of nitrogens with one attached hydrogen (secondary N) is 1. The Hall–Kier alpha value is -2.77. The molecule has 1 atom stereocenters. The van der Waals surface area contributed by atoms with Gasteiger partial charge in [0, 0.05) is 13.1 Å². The van der Waals surface area contributed by atoms with Crippen molar-refractivity contribution in [3.05, 3.63) is 24.3 Å². The van der Waals surface area contributed by atoms with Gasteiger partial charge in [-0.1, -0.05) is 12.1 Å². The number of cyclic esters (lactones) is 1. The smallest absolute Gasteiger partial charge is 0.417 e. The second-order valence-corrected chi connectivity index (χ2v) is 5.57. The van der Waals surface area contributed by atoms with Crippen LogP contribution in [-0.4, -0.2) is 60.2 Å². The molecular weight excluding hydrogens is 314 g/mol. The van der Waals surface area contributed by atoms with Crippen LogP contribution in [0.2, 0.25) is 0 Å². The SMILES string of the molecule is CCOc1ccccc1NC(=O)N1CCC(N2C(=O)COC2=O)C1. The molecule has 0 saturated carbocycles. The number of amides is 4. The maximum Gasteiger partial charge on any atom is 0.417 e. The number of anilines is 1. The third kappa shape index (κ3) is 3.12. The molecule has 0 spiro atoms. The summed E-state index contributed by atoms with van der Waals surface area (Å²) >= 11 is 0. The van der Waals surface area contributed by atoms with Crippen LogP contribution in [0.4, 0.5) is 15.3 Å². The highest BCUT2D eigenvalue weighted by atomic mass is 16.6. The molecule has 24 heavy (non-hydrogen) atoms. The molecule has 1 aromatic carbocycles. The first kappa shape index (κ1) is 16.1. The van der Waals surface area contributed by atoms with E-state index in [0.717, 1.165) is 4.90 Å². The summed E-state index contributed by atoms with van der Waals surface area (Å²) in [6.45, 7) is 2.91. The summed E-state index contributed by atoms with van der Waals surface area (Å²) in [6.07, 6.45) is -0.0876. The molecule has 1 aromatic rings. The average molecular weight is 333 g/mol. The molecule has 0 aliphatic carbocycles. The lowest BCUT2D eigenvalue weighted by Gasteiger charge is -2.21. The van der Waals surface area contributed by atoms with Crippen LogP contribution in [0, 0.1) is 0 Å². The van der Waals surface area contributed by atoms with Crippen molar-refractivity contribution >= 4 is 23.7 Å². The second-order valence-electron chi connectivity index (χ2n) is 5.57. The van der Waals surface area contributed by atoms with Crippen LogP contribution in [0.1, 0.15) is 13.3 Å². The van der Waals surface area contributed by atoms with Gasteiger partial charge in [-0.2, -0.15) is 0 Å². The summed E-state index contributed by atoms with van der Waals surface area (Å²) in [7, 11) is 0. The molecule has 1 unspecified atom stereocenters. The van der Waals surface area contributed by atoms with E-state index in [2.05, 4.69) is 5.32 Å². The molecule has 4 amide bonds. The number of likely N-dealkylation sites (tertiary alicyclic amines) is 1. The maximum absolute atomic E-state index is 12.4. The Bertz CT molecular complexity index is 647. The van der Waals surface area contributed by atoms with E-state index >= 15 is 0 Å². The van der Waals surface area contributed by atoms with Gasteiger partial charge in [0.25, 0.3) is 5.91 Å². The molecule has 2 saturated heterocycles. The van der Waals surface area contributed by atoms with Gasteiger partial charge in [0.2, 0.25) is 0 Å². The van der Waals surface area contributed by atoms with Gasteiger partial charge in [-0.3, -0.25) is 4.79 Å². The van der Waals surface area contributed by atoms with Gasteiger partial charge in [-0.25, -0.2) is 14.5 Å². The van der Waals surface area contributed by atoms with Crippen molar-refractivity contribution in [2.24, 2.45) is 0 Å². The van der Waals surface area contributed by atoms with Crippen molar-refractivity contribution in [1.29, 1.82) is 0 Å². The lowest BCUT2D eigenvalue weighted by molar-refractivity contribution is -0.127. The molecular formula is C16H19N3O5. The first-order chi connectivity index (χ1) is 11.6. The van der Waals surface area contributed by atoms with E-state index in [4.69, 9.17) is 9.47 Å². The zero-order valence-corrected chi connectivity index (χ0v) is 13.4. The van der Waals surface area contributed by atoms with Crippen molar-refractivity contribution < 1.29 is 23.9 Å². The van der Waals surface area contributed by atoms with E-state index in [9.17, 15) is 14.4 Å². The van der Waals surface area contributed by atoms with Crippen LogP contribution >= 0.6 is 0 Å². The van der Waals surface area contributed by atoms with Crippen molar-refractivity contribution in [3.63, 3.8) is 0 Å². The molecule has 2 aliphatic heterocycles. The number of urea groups is 1. The summed E-state index contributed by atoms with van der Waals surface area (Å²) < 4.78 is 10.2. The number of ether oxygens (including phenoxy) is 2. The normalized spacial score (nSPS) is 20.3. The first-order valence-electron chi connectivity index (χ1n) is 7.86. The molecule has 0 radical (unpaired) electrons. The van der Waals surface area contributed by atoms with Crippen molar-refractivity contribution in [3.8, 4) is 5.75 Å². The van der Waals surface area contributed by atoms with Gasteiger partial charge in [-0.05, 0) is 25.5 Å². The summed E-state index contributed by atoms with van der Waals surface area (Å²) in [4.78, 5) is 38.4. The highest BCUT2D eigenvalue weighted by molar-refractivity contribution is 5.98. The molecule has 3 rings (SSSR count). The Balaban J connectivity index is 1.63. The molecule has 0 aromatic heterocycles. The lowest BCUT2D eigenvalue weighted by Crippen LogP contribution is -2.42. The minimum absolute atomic E-state index is 0.219. The predicted molar refractivity (Wildman–Crippen MR) is 84.8 cm³/mol. The molecule has 2 heterocycles. The predicted octanol–water partition coefficient (Wildman–Crippen LogP) is 1.67. The summed E-state index contributed by atoms with van der Waals surface area (Å²) in [5.41, 5.74) is 0.587. The van der Waals surface area contributed by atoms with E-state index in [1.807, 2.05) is 19.1 Å². The van der Waals surface area contributed by atoms with Crippen LogP contribution in [0.3, 0.4) is 0 Å². The van der Waals surface area contributed by atoms with Crippen LogP contribution in [0.15, 0.2) is 24.3 Å². The largest absolute Gasteiger partial charge is 0.492 e. The fourth-order valence-corrected chi connectivity index (χ4v) is 2.90. The second kappa shape index (κ2) is 6.77. The van der Waals surface area contributed by atoms with Gasteiger partial charge in [-0.15, -0.1) is 0 Å². The Morgan fingerprint density at radius 1 is 1.38 bits per heavy atom. The number of benzene rings is 1. The van der Waals surface area contributed by atoms with Gasteiger partial charge < -0.3 is 19.7 Å². The van der Waals surface area contributed by atoms with Crippen molar-refractivity contribution in [2.45, 2.75) is 19.4 Å². The van der Waals surface area contributed by atoms with Gasteiger partial charge in [0.15, 0.2) is 6.61 Å². The number of nitrogens with zero attached hydrogens (tertiary/aromatic N) is 2. The van der Waals surface area contributed by atoms with Gasteiger partial charge in [0.05, 0.1) is 18.3 Å². The summed E-state index contributed by atoms with van der Waals surface area (Å²) in [5, 5.41) is 2.81. The Kier molecular flexibility index (Phi) is 4.54.